The van der Waals surface area contributed by atoms with E-state index in [9.17, 15) is 0 Å². The van der Waals surface area contributed by atoms with Crippen LogP contribution in [0.3, 0.4) is 0 Å². The highest BCUT2D eigenvalue weighted by Crippen LogP contribution is 2.18. The molecule has 0 aliphatic heterocycles. The van der Waals surface area contributed by atoms with E-state index in [0.29, 0.717) is 0 Å². The van der Waals surface area contributed by atoms with Gasteiger partial charge < -0.3 is 0 Å². The van der Waals surface area contributed by atoms with Crippen LogP contribution in [0.2, 0.25) is 0 Å². The summed E-state index contributed by atoms with van der Waals surface area (Å²) < 4.78 is 0. The molecule has 0 fully saturated rings. The molecule has 0 heteroatoms. The van der Waals surface area contributed by atoms with Gasteiger partial charge in [0, 0.05) is 0 Å². The molecule has 0 N–H and O–H groups in total. The maximum Gasteiger partial charge on any atom is -0.0272 e. The summed E-state index contributed by atoms with van der Waals surface area (Å²) in [6.07, 6.45) is 14.0. The molecule has 0 aliphatic rings. The summed E-state index contributed by atoms with van der Waals surface area (Å²) in [6, 6.07) is 0. The molecular formula is C14H29. The highest BCUT2D eigenvalue weighted by molar-refractivity contribution is 4.82. The Balaban J connectivity index is 3.06. The third kappa shape index (κ3) is 10.1. The van der Waals surface area contributed by atoms with Crippen LogP contribution in [0.25, 0.3) is 0 Å². The minimum absolute atomic E-state index is 1.35. The molecule has 1 radical (unpaired) electrons. The predicted molar refractivity (Wildman–Crippen MR) is 66.4 cm³/mol. The van der Waals surface area contributed by atoms with Crippen molar-refractivity contribution in [3.05, 3.63) is 5.92 Å². The molecular weight excluding hydrogens is 168 g/mol. The molecule has 0 amide bonds. The lowest BCUT2D eigenvalue weighted by Gasteiger charge is -2.09. The zero-order valence-corrected chi connectivity index (χ0v) is 10.6. The Kier molecular flexibility index (Phi) is 11.1. The van der Waals surface area contributed by atoms with Crippen molar-refractivity contribution in [3.8, 4) is 0 Å². The Morgan fingerprint density at radius 2 is 1.07 bits per heavy atom. The highest BCUT2D eigenvalue weighted by Gasteiger charge is 2.01. The zero-order valence-electron chi connectivity index (χ0n) is 10.6. The summed E-state index contributed by atoms with van der Waals surface area (Å²) in [5, 5.41) is 0. The predicted octanol–water partition coefficient (Wildman–Crippen LogP) is 5.52. The number of rotatable bonds is 10. The third-order valence-electron chi connectivity index (χ3n) is 2.91. The van der Waals surface area contributed by atoms with Crippen molar-refractivity contribution < 1.29 is 0 Å². The monoisotopic (exact) mass is 197 g/mol. The lowest BCUT2D eigenvalue weighted by atomic mass is 9.96. The SMILES string of the molecule is CCCCCCC[C](C)CCCCC. The molecule has 0 bridgehead atoms. The summed E-state index contributed by atoms with van der Waals surface area (Å²) in [6.45, 7) is 6.90. The van der Waals surface area contributed by atoms with Gasteiger partial charge >= 0.3 is 0 Å². The number of hydrogen-bond acceptors (Lipinski definition) is 0. The van der Waals surface area contributed by atoms with Crippen molar-refractivity contribution in [1.29, 1.82) is 0 Å². The van der Waals surface area contributed by atoms with Crippen molar-refractivity contribution in [2.24, 2.45) is 0 Å². The van der Waals surface area contributed by atoms with Gasteiger partial charge in [-0.25, -0.2) is 0 Å². The fourth-order valence-electron chi connectivity index (χ4n) is 1.83. The van der Waals surface area contributed by atoms with Crippen LogP contribution in [0.1, 0.15) is 85.0 Å². The van der Waals surface area contributed by atoms with Crippen molar-refractivity contribution in [1.82, 2.24) is 0 Å². The van der Waals surface area contributed by atoms with Gasteiger partial charge in [0.2, 0.25) is 0 Å². The second kappa shape index (κ2) is 11.1. The first-order valence-corrected chi connectivity index (χ1v) is 6.62. The van der Waals surface area contributed by atoms with Gasteiger partial charge in [-0.1, -0.05) is 72.1 Å². The average Bonchev–Trinajstić information content (AvgIpc) is 2.18. The van der Waals surface area contributed by atoms with E-state index in [1.807, 2.05) is 0 Å². The van der Waals surface area contributed by atoms with Crippen molar-refractivity contribution in [2.45, 2.75) is 85.0 Å². The van der Waals surface area contributed by atoms with Gasteiger partial charge in [-0.15, -0.1) is 0 Å². The molecule has 0 aliphatic carbocycles. The van der Waals surface area contributed by atoms with Gasteiger partial charge in [-0.2, -0.15) is 0 Å². The fourth-order valence-corrected chi connectivity index (χ4v) is 1.83. The summed E-state index contributed by atoms with van der Waals surface area (Å²) in [5.41, 5.74) is 0. The minimum atomic E-state index is 1.35. The summed E-state index contributed by atoms with van der Waals surface area (Å²) in [5.74, 6) is 1.73. The van der Waals surface area contributed by atoms with Gasteiger partial charge in [0.25, 0.3) is 0 Å². The Labute approximate surface area is 91.5 Å². The number of unbranched alkanes of at least 4 members (excludes halogenated alkanes) is 6. The first-order chi connectivity index (χ1) is 6.81. The molecule has 0 spiro atoms. The molecule has 0 saturated carbocycles. The smallest absolute Gasteiger partial charge is 0.0272 e. The van der Waals surface area contributed by atoms with Gasteiger partial charge in [-0.3, -0.25) is 0 Å². The van der Waals surface area contributed by atoms with Gasteiger partial charge in [0.05, 0.1) is 0 Å². The van der Waals surface area contributed by atoms with E-state index in [-0.39, 0.29) is 0 Å². The standard InChI is InChI=1S/C14H29/c1-4-6-8-9-11-13-14(3)12-10-7-5-2/h4-13H2,1-3H3. The molecule has 0 saturated heterocycles. The Hall–Kier alpha value is 0. The maximum atomic E-state index is 2.34. The zero-order chi connectivity index (χ0) is 10.6. The molecule has 14 heavy (non-hydrogen) atoms. The molecule has 0 aromatic carbocycles. The van der Waals surface area contributed by atoms with Gasteiger partial charge in [0.1, 0.15) is 0 Å². The van der Waals surface area contributed by atoms with Crippen LogP contribution in [0.15, 0.2) is 0 Å². The van der Waals surface area contributed by atoms with E-state index in [2.05, 4.69) is 20.8 Å². The first-order valence-electron chi connectivity index (χ1n) is 6.62. The second-order valence-corrected chi connectivity index (χ2v) is 4.58. The maximum absolute atomic E-state index is 2.34. The average molecular weight is 197 g/mol. The Morgan fingerprint density at radius 3 is 1.64 bits per heavy atom. The van der Waals surface area contributed by atoms with Crippen molar-refractivity contribution >= 4 is 0 Å². The van der Waals surface area contributed by atoms with E-state index < -0.39 is 0 Å². The molecule has 0 aromatic rings. The van der Waals surface area contributed by atoms with Crippen LogP contribution < -0.4 is 0 Å². The molecule has 85 valence electrons. The van der Waals surface area contributed by atoms with Crippen LogP contribution in [-0.4, -0.2) is 0 Å². The second-order valence-electron chi connectivity index (χ2n) is 4.58. The largest absolute Gasteiger partial charge is 0.0654 e. The van der Waals surface area contributed by atoms with Crippen molar-refractivity contribution in [3.63, 3.8) is 0 Å². The van der Waals surface area contributed by atoms with Crippen LogP contribution >= 0.6 is 0 Å². The van der Waals surface area contributed by atoms with E-state index in [1.165, 1.54) is 64.2 Å². The highest BCUT2D eigenvalue weighted by atomic mass is 14.1. The van der Waals surface area contributed by atoms with Gasteiger partial charge in [-0.05, 0) is 18.8 Å². The van der Waals surface area contributed by atoms with Crippen molar-refractivity contribution in [2.75, 3.05) is 0 Å². The van der Waals surface area contributed by atoms with E-state index in [0.717, 1.165) is 0 Å². The van der Waals surface area contributed by atoms with E-state index >= 15 is 0 Å². The van der Waals surface area contributed by atoms with E-state index in [4.69, 9.17) is 0 Å². The molecule has 0 heterocycles. The molecule has 0 nitrogen and oxygen atoms in total. The first kappa shape index (κ1) is 14.0. The Morgan fingerprint density at radius 1 is 0.643 bits per heavy atom. The van der Waals surface area contributed by atoms with E-state index in [1.54, 1.807) is 5.92 Å². The topological polar surface area (TPSA) is 0 Å². The fraction of sp³-hybridized carbons (Fsp3) is 0.929. The summed E-state index contributed by atoms with van der Waals surface area (Å²) in [7, 11) is 0. The Bertz CT molecular complexity index is 96.2. The molecule has 0 atom stereocenters. The minimum Gasteiger partial charge on any atom is -0.0654 e. The third-order valence-corrected chi connectivity index (χ3v) is 2.91. The van der Waals surface area contributed by atoms with Crippen LogP contribution in [0.5, 0.6) is 0 Å². The number of hydrogen-bond donors (Lipinski definition) is 0. The normalized spacial score (nSPS) is 11.1. The van der Waals surface area contributed by atoms with Crippen LogP contribution in [-0.2, 0) is 0 Å². The quantitative estimate of drug-likeness (QED) is 0.404. The molecule has 0 unspecified atom stereocenters. The van der Waals surface area contributed by atoms with Crippen LogP contribution in [0.4, 0.5) is 0 Å². The van der Waals surface area contributed by atoms with Gasteiger partial charge in [0.15, 0.2) is 0 Å². The molecule has 0 aromatic heterocycles. The summed E-state index contributed by atoms with van der Waals surface area (Å²) in [4.78, 5) is 0. The lowest BCUT2D eigenvalue weighted by Crippen LogP contribution is -1.92. The van der Waals surface area contributed by atoms with Crippen LogP contribution in [0, 0.1) is 5.92 Å². The molecule has 0 rings (SSSR count). The lowest BCUT2D eigenvalue weighted by molar-refractivity contribution is 0.579. The summed E-state index contributed by atoms with van der Waals surface area (Å²) >= 11 is 0.